The molecule has 2 heterocycles. The van der Waals surface area contributed by atoms with Crippen molar-refractivity contribution in [2.24, 2.45) is 5.41 Å². The van der Waals surface area contributed by atoms with Crippen LogP contribution in [0.25, 0.3) is 10.6 Å². The second-order valence-corrected chi connectivity index (χ2v) is 8.04. The predicted molar refractivity (Wildman–Crippen MR) is 98.5 cm³/mol. The minimum absolute atomic E-state index is 0.195. The average molecular weight is 399 g/mol. The van der Waals surface area contributed by atoms with Crippen LogP contribution in [0.1, 0.15) is 30.3 Å². The molecule has 1 amide bonds. The number of halogens is 2. The van der Waals surface area contributed by atoms with Gasteiger partial charge >= 0.3 is 5.97 Å². The summed E-state index contributed by atoms with van der Waals surface area (Å²) in [5.41, 5.74) is 0.199. The lowest BCUT2D eigenvalue weighted by molar-refractivity contribution is -0.150. The van der Waals surface area contributed by atoms with Crippen LogP contribution in [0.15, 0.2) is 23.6 Å². The number of carbonyl (C=O) groups is 2. The minimum atomic E-state index is -0.906. The van der Waals surface area contributed by atoms with E-state index in [1.807, 2.05) is 0 Å². The van der Waals surface area contributed by atoms with E-state index in [0.29, 0.717) is 40.1 Å². The Balaban J connectivity index is 1.81. The molecule has 0 spiro atoms. The fraction of sp³-hybridized carbons (Fsp3) is 0.353. The standard InChI is InChI=1S/C17H16Cl2N2O3S/c1-17(16(23)24)5-2-6-21(9-17)15(22)13-8-25-14(20-13)10-3-4-11(18)12(19)7-10/h3-4,7-8H,2,5-6,9H2,1H3,(H,23,24). The summed E-state index contributed by atoms with van der Waals surface area (Å²) in [6.07, 6.45) is 1.23. The summed E-state index contributed by atoms with van der Waals surface area (Å²) in [5.74, 6) is -1.12. The summed E-state index contributed by atoms with van der Waals surface area (Å²) >= 11 is 13.3. The van der Waals surface area contributed by atoms with E-state index in [1.165, 1.54) is 11.3 Å². The molecule has 0 bridgehead atoms. The Morgan fingerprint density at radius 2 is 2.08 bits per heavy atom. The second-order valence-electron chi connectivity index (χ2n) is 6.36. The van der Waals surface area contributed by atoms with Crippen LogP contribution in [-0.2, 0) is 4.79 Å². The number of carboxylic acids is 1. The van der Waals surface area contributed by atoms with Crippen molar-refractivity contribution in [3.05, 3.63) is 39.3 Å². The van der Waals surface area contributed by atoms with E-state index in [4.69, 9.17) is 23.2 Å². The lowest BCUT2D eigenvalue weighted by Crippen LogP contribution is -2.48. The minimum Gasteiger partial charge on any atom is -0.481 e. The number of rotatable bonds is 3. The van der Waals surface area contributed by atoms with Gasteiger partial charge in [0.05, 0.1) is 15.5 Å². The number of carbonyl (C=O) groups excluding carboxylic acids is 1. The van der Waals surface area contributed by atoms with Gasteiger partial charge in [-0.15, -0.1) is 11.3 Å². The lowest BCUT2D eigenvalue weighted by atomic mass is 9.82. The molecule has 0 aliphatic carbocycles. The van der Waals surface area contributed by atoms with Crippen molar-refractivity contribution >= 4 is 46.4 Å². The van der Waals surface area contributed by atoms with Crippen molar-refractivity contribution in [1.29, 1.82) is 0 Å². The third kappa shape index (κ3) is 3.66. The molecular weight excluding hydrogens is 383 g/mol. The van der Waals surface area contributed by atoms with E-state index in [2.05, 4.69) is 4.98 Å². The molecule has 1 atom stereocenters. The number of aromatic nitrogens is 1. The van der Waals surface area contributed by atoms with E-state index in [0.717, 1.165) is 5.56 Å². The highest BCUT2D eigenvalue weighted by atomic mass is 35.5. The first kappa shape index (κ1) is 18.2. The van der Waals surface area contributed by atoms with Gasteiger partial charge in [-0.05, 0) is 31.9 Å². The molecule has 0 saturated carbocycles. The third-order valence-electron chi connectivity index (χ3n) is 4.39. The van der Waals surface area contributed by atoms with Crippen molar-refractivity contribution < 1.29 is 14.7 Å². The Morgan fingerprint density at radius 1 is 1.32 bits per heavy atom. The monoisotopic (exact) mass is 398 g/mol. The molecule has 5 nitrogen and oxygen atoms in total. The van der Waals surface area contributed by atoms with Crippen LogP contribution in [0.4, 0.5) is 0 Å². The highest BCUT2D eigenvalue weighted by molar-refractivity contribution is 7.13. The number of hydrogen-bond acceptors (Lipinski definition) is 4. The summed E-state index contributed by atoms with van der Waals surface area (Å²) in [6.45, 7) is 2.42. The van der Waals surface area contributed by atoms with Crippen LogP contribution in [0, 0.1) is 5.41 Å². The second kappa shape index (κ2) is 6.94. The van der Waals surface area contributed by atoms with Crippen molar-refractivity contribution in [2.75, 3.05) is 13.1 Å². The smallest absolute Gasteiger partial charge is 0.311 e. The summed E-state index contributed by atoms with van der Waals surface area (Å²) in [7, 11) is 0. The number of nitrogens with zero attached hydrogens (tertiary/aromatic N) is 2. The molecule has 3 rings (SSSR count). The Morgan fingerprint density at radius 3 is 2.76 bits per heavy atom. The highest BCUT2D eigenvalue weighted by Crippen LogP contribution is 2.33. The van der Waals surface area contributed by atoms with E-state index in [-0.39, 0.29) is 12.5 Å². The van der Waals surface area contributed by atoms with Gasteiger partial charge in [-0.3, -0.25) is 9.59 Å². The SMILES string of the molecule is CC1(C(=O)O)CCCN(C(=O)c2csc(-c3ccc(Cl)c(Cl)c3)n2)C1. The zero-order valence-electron chi connectivity index (χ0n) is 13.5. The first-order chi connectivity index (χ1) is 11.8. The number of likely N-dealkylation sites (tertiary alicyclic amines) is 1. The number of amides is 1. The summed E-state index contributed by atoms with van der Waals surface area (Å²) < 4.78 is 0. The zero-order valence-corrected chi connectivity index (χ0v) is 15.8. The van der Waals surface area contributed by atoms with Gasteiger partial charge in [-0.2, -0.15) is 0 Å². The number of benzene rings is 1. The lowest BCUT2D eigenvalue weighted by Gasteiger charge is -2.37. The van der Waals surface area contributed by atoms with Gasteiger partial charge in [0, 0.05) is 24.0 Å². The third-order valence-corrected chi connectivity index (χ3v) is 6.02. The van der Waals surface area contributed by atoms with Gasteiger partial charge < -0.3 is 10.0 Å². The van der Waals surface area contributed by atoms with Gasteiger partial charge in [0.2, 0.25) is 0 Å². The van der Waals surface area contributed by atoms with E-state index >= 15 is 0 Å². The predicted octanol–water partition coefficient (Wildman–Crippen LogP) is 4.44. The Labute approximate surface area is 159 Å². The van der Waals surface area contributed by atoms with Gasteiger partial charge in [0.1, 0.15) is 10.7 Å². The molecule has 1 N–H and O–H groups in total. The van der Waals surface area contributed by atoms with Crippen LogP contribution in [0.3, 0.4) is 0 Å². The largest absolute Gasteiger partial charge is 0.481 e. The molecule has 1 unspecified atom stereocenters. The Hall–Kier alpha value is -1.63. The van der Waals surface area contributed by atoms with Crippen molar-refractivity contribution in [3.8, 4) is 10.6 Å². The van der Waals surface area contributed by atoms with Crippen molar-refractivity contribution in [1.82, 2.24) is 9.88 Å². The maximum absolute atomic E-state index is 12.7. The topological polar surface area (TPSA) is 70.5 Å². The molecule has 1 aromatic carbocycles. The fourth-order valence-corrected chi connectivity index (χ4v) is 3.97. The number of carboxylic acid groups (broad SMARTS) is 1. The molecule has 1 aliphatic rings. The van der Waals surface area contributed by atoms with Crippen LogP contribution in [0.2, 0.25) is 10.0 Å². The summed E-state index contributed by atoms with van der Waals surface area (Å²) in [5, 5.41) is 12.6. The van der Waals surface area contributed by atoms with E-state index < -0.39 is 11.4 Å². The first-order valence-electron chi connectivity index (χ1n) is 7.74. The molecule has 8 heteroatoms. The number of aliphatic carboxylic acids is 1. The van der Waals surface area contributed by atoms with Crippen LogP contribution in [-0.4, -0.2) is 40.0 Å². The quantitative estimate of drug-likeness (QED) is 0.828. The maximum atomic E-state index is 12.7. The van der Waals surface area contributed by atoms with E-state index in [1.54, 1.807) is 35.4 Å². The zero-order chi connectivity index (χ0) is 18.2. The van der Waals surface area contributed by atoms with Gasteiger partial charge in [-0.1, -0.05) is 29.3 Å². The normalized spacial score (nSPS) is 20.5. The molecule has 25 heavy (non-hydrogen) atoms. The number of piperidine rings is 1. The van der Waals surface area contributed by atoms with Crippen molar-refractivity contribution in [3.63, 3.8) is 0 Å². The highest BCUT2D eigenvalue weighted by Gasteiger charge is 2.39. The average Bonchev–Trinajstić information content (AvgIpc) is 3.06. The van der Waals surface area contributed by atoms with Crippen LogP contribution >= 0.6 is 34.5 Å². The molecular formula is C17H16Cl2N2O3S. The Kier molecular flexibility index (Phi) is 5.04. The fourth-order valence-electron chi connectivity index (χ4n) is 2.88. The first-order valence-corrected chi connectivity index (χ1v) is 9.37. The maximum Gasteiger partial charge on any atom is 0.311 e. The van der Waals surface area contributed by atoms with Gasteiger partial charge in [0.25, 0.3) is 5.91 Å². The number of thiazole rings is 1. The molecule has 1 fully saturated rings. The molecule has 2 aromatic rings. The van der Waals surface area contributed by atoms with Crippen molar-refractivity contribution in [2.45, 2.75) is 19.8 Å². The summed E-state index contributed by atoms with van der Waals surface area (Å²) in [6, 6.07) is 5.19. The number of hydrogen-bond donors (Lipinski definition) is 1. The molecule has 1 aliphatic heterocycles. The molecule has 132 valence electrons. The Bertz CT molecular complexity index is 839. The van der Waals surface area contributed by atoms with E-state index in [9.17, 15) is 14.7 Å². The summed E-state index contributed by atoms with van der Waals surface area (Å²) in [4.78, 5) is 30.1. The molecule has 1 saturated heterocycles. The van der Waals surface area contributed by atoms with Gasteiger partial charge in [-0.25, -0.2) is 4.98 Å². The van der Waals surface area contributed by atoms with Crippen LogP contribution in [0.5, 0.6) is 0 Å². The molecule has 0 radical (unpaired) electrons. The molecule has 1 aromatic heterocycles. The van der Waals surface area contributed by atoms with Crippen LogP contribution < -0.4 is 0 Å². The van der Waals surface area contributed by atoms with Gasteiger partial charge in [0.15, 0.2) is 0 Å².